The second-order valence-corrected chi connectivity index (χ2v) is 3.70. The zero-order valence-corrected chi connectivity index (χ0v) is 8.32. The van der Waals surface area contributed by atoms with E-state index in [0.29, 0.717) is 5.82 Å². The Kier molecular flexibility index (Phi) is 2.74. The molecule has 0 amide bonds. The maximum absolute atomic E-state index is 9.90. The monoisotopic (exact) mass is 214 g/mol. The van der Waals surface area contributed by atoms with Gasteiger partial charge in [0, 0.05) is 19.4 Å². The molecule has 1 fully saturated rings. The standard InChI is InChI=1S/C9H14N2O4/c1-11-3-2-10-9(11)7(14)8-6(13)5(12)4-15-8/h2-3,5-8,12-14H,4H2,1H3/t5-,6-,7?,8-/m0/s1. The fourth-order valence-corrected chi connectivity index (χ4v) is 1.71. The first kappa shape index (κ1) is 10.6. The molecule has 4 atom stereocenters. The summed E-state index contributed by atoms with van der Waals surface area (Å²) in [6, 6.07) is 0. The largest absolute Gasteiger partial charge is 0.388 e. The van der Waals surface area contributed by atoms with E-state index in [2.05, 4.69) is 4.98 Å². The van der Waals surface area contributed by atoms with Gasteiger partial charge in [-0.25, -0.2) is 4.98 Å². The first-order valence-corrected chi connectivity index (χ1v) is 4.74. The van der Waals surface area contributed by atoms with Crippen molar-refractivity contribution in [2.45, 2.75) is 24.4 Å². The number of aromatic nitrogens is 2. The van der Waals surface area contributed by atoms with E-state index >= 15 is 0 Å². The molecule has 1 aromatic heterocycles. The fourth-order valence-electron chi connectivity index (χ4n) is 1.71. The van der Waals surface area contributed by atoms with Crippen LogP contribution in [0.3, 0.4) is 0 Å². The highest BCUT2D eigenvalue weighted by Gasteiger charge is 2.40. The van der Waals surface area contributed by atoms with Gasteiger partial charge in [-0.2, -0.15) is 0 Å². The second kappa shape index (κ2) is 3.90. The van der Waals surface area contributed by atoms with Crippen LogP contribution in [0.25, 0.3) is 0 Å². The molecule has 0 saturated carbocycles. The molecule has 1 aromatic rings. The molecule has 2 rings (SSSR count). The van der Waals surface area contributed by atoms with Gasteiger partial charge in [-0.1, -0.05) is 0 Å². The Labute approximate surface area is 86.8 Å². The van der Waals surface area contributed by atoms with Crippen LogP contribution in [0.4, 0.5) is 0 Å². The van der Waals surface area contributed by atoms with Crippen molar-refractivity contribution in [2.75, 3.05) is 6.61 Å². The quantitative estimate of drug-likeness (QED) is 0.562. The van der Waals surface area contributed by atoms with Crippen LogP contribution >= 0.6 is 0 Å². The van der Waals surface area contributed by atoms with Crippen molar-refractivity contribution >= 4 is 0 Å². The van der Waals surface area contributed by atoms with Crippen LogP contribution < -0.4 is 0 Å². The number of aliphatic hydroxyl groups excluding tert-OH is 3. The van der Waals surface area contributed by atoms with Crippen LogP contribution in [0.5, 0.6) is 0 Å². The van der Waals surface area contributed by atoms with Crippen molar-refractivity contribution in [3.63, 3.8) is 0 Å². The molecule has 6 nitrogen and oxygen atoms in total. The summed E-state index contributed by atoms with van der Waals surface area (Å²) < 4.78 is 6.76. The average molecular weight is 214 g/mol. The molecule has 0 aliphatic carbocycles. The van der Waals surface area contributed by atoms with Crippen molar-refractivity contribution in [3.8, 4) is 0 Å². The van der Waals surface area contributed by atoms with Gasteiger partial charge in [0.25, 0.3) is 0 Å². The summed E-state index contributed by atoms with van der Waals surface area (Å²) in [6.45, 7) is 0.0350. The van der Waals surface area contributed by atoms with Gasteiger partial charge in [0.1, 0.15) is 30.2 Å². The van der Waals surface area contributed by atoms with Gasteiger partial charge >= 0.3 is 0 Å². The van der Waals surface area contributed by atoms with Crippen LogP contribution in [0.1, 0.15) is 11.9 Å². The number of nitrogens with zero attached hydrogens (tertiary/aromatic N) is 2. The SMILES string of the molecule is Cn1ccnc1C(O)[C@H]1OC[C@H](O)[C@@H]1O. The maximum atomic E-state index is 9.90. The molecule has 1 aliphatic heterocycles. The molecule has 1 unspecified atom stereocenters. The first-order valence-electron chi connectivity index (χ1n) is 4.74. The molecule has 15 heavy (non-hydrogen) atoms. The minimum Gasteiger partial charge on any atom is -0.388 e. The number of aryl methyl sites for hydroxylation is 1. The lowest BCUT2D eigenvalue weighted by Crippen LogP contribution is -2.35. The smallest absolute Gasteiger partial charge is 0.140 e. The van der Waals surface area contributed by atoms with E-state index in [1.165, 1.54) is 0 Å². The topological polar surface area (TPSA) is 87.7 Å². The Morgan fingerprint density at radius 1 is 1.60 bits per heavy atom. The molecule has 6 heteroatoms. The van der Waals surface area contributed by atoms with E-state index in [9.17, 15) is 15.3 Å². The third-order valence-electron chi connectivity index (χ3n) is 2.62. The van der Waals surface area contributed by atoms with Crippen molar-refractivity contribution in [1.82, 2.24) is 9.55 Å². The number of hydrogen-bond acceptors (Lipinski definition) is 5. The Morgan fingerprint density at radius 3 is 2.80 bits per heavy atom. The molecule has 3 N–H and O–H groups in total. The summed E-state index contributed by atoms with van der Waals surface area (Å²) >= 11 is 0. The number of imidazole rings is 1. The minimum absolute atomic E-state index is 0.0350. The fraction of sp³-hybridized carbons (Fsp3) is 0.667. The van der Waals surface area contributed by atoms with Crippen LogP contribution in [-0.2, 0) is 11.8 Å². The first-order chi connectivity index (χ1) is 7.11. The average Bonchev–Trinajstić information content (AvgIpc) is 2.75. The minimum atomic E-state index is -1.07. The van der Waals surface area contributed by atoms with E-state index in [0.717, 1.165) is 0 Å². The van der Waals surface area contributed by atoms with E-state index in [-0.39, 0.29) is 6.61 Å². The molecule has 84 valence electrons. The van der Waals surface area contributed by atoms with Gasteiger partial charge in [-0.05, 0) is 0 Å². The van der Waals surface area contributed by atoms with Crippen LogP contribution in [-0.4, -0.2) is 49.8 Å². The summed E-state index contributed by atoms with van der Waals surface area (Å²) in [5, 5.41) is 28.7. The maximum Gasteiger partial charge on any atom is 0.140 e. The van der Waals surface area contributed by atoms with Crippen LogP contribution in [0, 0.1) is 0 Å². The van der Waals surface area contributed by atoms with Gasteiger partial charge in [0.05, 0.1) is 6.61 Å². The Hall–Kier alpha value is -0.950. The normalized spacial score (nSPS) is 33.2. The molecule has 2 heterocycles. The van der Waals surface area contributed by atoms with Crippen LogP contribution in [0.2, 0.25) is 0 Å². The summed E-state index contributed by atoms with van der Waals surface area (Å²) in [6.07, 6.45) is -0.619. The van der Waals surface area contributed by atoms with Crippen molar-refractivity contribution < 1.29 is 20.1 Å². The third-order valence-corrected chi connectivity index (χ3v) is 2.62. The predicted octanol–water partition coefficient (Wildman–Crippen LogP) is -1.43. The van der Waals surface area contributed by atoms with Gasteiger partial charge in [-0.3, -0.25) is 0 Å². The van der Waals surface area contributed by atoms with E-state index in [1.807, 2.05) is 0 Å². The highest BCUT2D eigenvalue weighted by Crippen LogP contribution is 2.26. The highest BCUT2D eigenvalue weighted by molar-refractivity contribution is 5.02. The van der Waals surface area contributed by atoms with E-state index in [1.54, 1.807) is 24.0 Å². The Bertz CT molecular complexity index is 341. The van der Waals surface area contributed by atoms with Gasteiger partial charge < -0.3 is 24.6 Å². The van der Waals surface area contributed by atoms with Gasteiger partial charge in [0.2, 0.25) is 0 Å². The van der Waals surface area contributed by atoms with Crippen molar-refractivity contribution in [1.29, 1.82) is 0 Å². The lowest BCUT2D eigenvalue weighted by atomic mass is 10.1. The van der Waals surface area contributed by atoms with Gasteiger partial charge in [-0.15, -0.1) is 0 Å². The van der Waals surface area contributed by atoms with Crippen LogP contribution in [0.15, 0.2) is 12.4 Å². The number of hydrogen-bond donors (Lipinski definition) is 3. The second-order valence-electron chi connectivity index (χ2n) is 3.70. The van der Waals surface area contributed by atoms with Gasteiger partial charge in [0.15, 0.2) is 0 Å². The predicted molar refractivity (Wildman–Crippen MR) is 49.9 cm³/mol. The molecular weight excluding hydrogens is 200 g/mol. The Balaban J connectivity index is 2.15. The summed E-state index contributed by atoms with van der Waals surface area (Å²) in [5.41, 5.74) is 0. The van der Waals surface area contributed by atoms with Crippen molar-refractivity contribution in [3.05, 3.63) is 18.2 Å². The lowest BCUT2D eigenvalue weighted by molar-refractivity contribution is -0.0561. The zero-order chi connectivity index (χ0) is 11.0. The lowest BCUT2D eigenvalue weighted by Gasteiger charge is -2.20. The van der Waals surface area contributed by atoms with Crippen molar-refractivity contribution in [2.24, 2.45) is 7.05 Å². The summed E-state index contributed by atoms with van der Waals surface area (Å²) in [4.78, 5) is 3.96. The molecule has 1 saturated heterocycles. The molecule has 0 spiro atoms. The molecular formula is C9H14N2O4. The molecule has 0 radical (unpaired) electrons. The highest BCUT2D eigenvalue weighted by atomic mass is 16.5. The number of rotatable bonds is 2. The molecule has 1 aliphatic rings. The molecule has 0 aromatic carbocycles. The third kappa shape index (κ3) is 1.76. The summed E-state index contributed by atoms with van der Waals surface area (Å²) in [7, 11) is 1.74. The molecule has 0 bridgehead atoms. The number of aliphatic hydroxyl groups is 3. The number of ether oxygens (including phenoxy) is 1. The van der Waals surface area contributed by atoms with E-state index < -0.39 is 24.4 Å². The zero-order valence-electron chi connectivity index (χ0n) is 8.32. The van der Waals surface area contributed by atoms with E-state index in [4.69, 9.17) is 4.74 Å². The summed E-state index contributed by atoms with van der Waals surface area (Å²) in [5.74, 6) is 0.410. The Morgan fingerprint density at radius 2 is 2.33 bits per heavy atom.